The van der Waals surface area contributed by atoms with Crippen molar-refractivity contribution in [2.45, 2.75) is 52.2 Å². The van der Waals surface area contributed by atoms with E-state index in [4.69, 9.17) is 9.57 Å². The zero-order chi connectivity index (χ0) is 18.3. The Morgan fingerprint density at radius 1 is 1.36 bits per heavy atom. The number of hydroxylamine groups is 1. The van der Waals surface area contributed by atoms with E-state index >= 15 is 0 Å². The fourth-order valence-electron chi connectivity index (χ4n) is 2.79. The molecule has 25 heavy (non-hydrogen) atoms. The van der Waals surface area contributed by atoms with Crippen molar-refractivity contribution in [3.8, 4) is 0 Å². The molecule has 2 rings (SSSR count). The van der Waals surface area contributed by atoms with Crippen LogP contribution in [0.3, 0.4) is 0 Å². The topological polar surface area (TPSA) is 67.9 Å². The molecule has 0 aliphatic carbocycles. The summed E-state index contributed by atoms with van der Waals surface area (Å²) >= 11 is 0. The van der Waals surface area contributed by atoms with Gasteiger partial charge in [0, 0.05) is 6.54 Å². The number of hydrogen-bond acceptors (Lipinski definition) is 5. The molecule has 1 fully saturated rings. The summed E-state index contributed by atoms with van der Waals surface area (Å²) in [5, 5.41) is 0. The van der Waals surface area contributed by atoms with Crippen molar-refractivity contribution in [1.29, 1.82) is 0 Å². The van der Waals surface area contributed by atoms with E-state index in [1.165, 1.54) is 4.90 Å². The Morgan fingerprint density at radius 3 is 2.68 bits per heavy atom. The van der Waals surface area contributed by atoms with E-state index in [2.05, 4.69) is 12.4 Å². The Hall–Kier alpha value is -1.92. The quantitative estimate of drug-likeness (QED) is 0.548. The molecule has 6 nitrogen and oxygen atoms in total. The molecule has 2 amide bonds. The molecule has 1 heterocycles. The molecule has 138 valence electrons. The van der Waals surface area contributed by atoms with Gasteiger partial charge in [-0.1, -0.05) is 50.1 Å². The molecule has 0 spiro atoms. The second kappa shape index (κ2) is 8.97. The van der Waals surface area contributed by atoms with Gasteiger partial charge in [0.05, 0.1) is 19.1 Å². The van der Waals surface area contributed by atoms with Gasteiger partial charge in [0.2, 0.25) is 5.91 Å². The summed E-state index contributed by atoms with van der Waals surface area (Å²) in [5.41, 5.74) is 3.31. The minimum Gasteiger partial charge on any atom is -0.441 e. The lowest BCUT2D eigenvalue weighted by atomic mass is 10.00. The highest BCUT2D eigenvalue weighted by atomic mass is 16.6. The fraction of sp³-hybridized carbons (Fsp3) is 0.579. The second-order valence-electron chi connectivity index (χ2n) is 7.01. The van der Waals surface area contributed by atoms with Gasteiger partial charge in [-0.25, -0.2) is 15.2 Å². The molecular formula is C19H28N2O4. The van der Waals surface area contributed by atoms with E-state index in [9.17, 15) is 9.59 Å². The molecule has 1 aromatic carbocycles. The van der Waals surface area contributed by atoms with Crippen LogP contribution >= 0.6 is 0 Å². The van der Waals surface area contributed by atoms with Crippen molar-refractivity contribution >= 4 is 12.0 Å². The van der Waals surface area contributed by atoms with Crippen LogP contribution in [0.4, 0.5) is 4.79 Å². The Bertz CT molecular complexity index is 574. The average molecular weight is 348 g/mol. The first-order valence-electron chi connectivity index (χ1n) is 8.86. The summed E-state index contributed by atoms with van der Waals surface area (Å²) in [6.07, 6.45) is 2.07. The Balaban J connectivity index is 1.87. The molecule has 0 bridgehead atoms. The molecule has 1 aliphatic heterocycles. The number of amides is 2. The molecule has 0 radical (unpaired) electrons. The lowest BCUT2D eigenvalue weighted by Gasteiger charge is -2.21. The standard InChI is InChI=1S/C19H28N2O4/c1-4-5-11-16(12-20-24-13-15-9-7-6-8-10-15)17(22)21-14-19(2,3)25-18(21)23/h6-10,16,20H,4-5,11-14H2,1-3H3. The highest BCUT2D eigenvalue weighted by Gasteiger charge is 2.42. The maximum absolute atomic E-state index is 12.7. The second-order valence-corrected chi connectivity index (χ2v) is 7.01. The van der Waals surface area contributed by atoms with E-state index in [0.717, 1.165) is 18.4 Å². The molecule has 6 heteroatoms. The summed E-state index contributed by atoms with van der Waals surface area (Å²) in [7, 11) is 0. The van der Waals surface area contributed by atoms with Crippen molar-refractivity contribution in [2.75, 3.05) is 13.1 Å². The van der Waals surface area contributed by atoms with E-state index in [0.29, 0.717) is 19.6 Å². The highest BCUT2D eigenvalue weighted by molar-refractivity contribution is 5.94. The van der Waals surface area contributed by atoms with Gasteiger partial charge >= 0.3 is 6.09 Å². The lowest BCUT2D eigenvalue weighted by molar-refractivity contribution is -0.133. The molecular weight excluding hydrogens is 320 g/mol. The third-order valence-electron chi connectivity index (χ3n) is 4.16. The number of rotatable bonds is 9. The largest absolute Gasteiger partial charge is 0.441 e. The van der Waals surface area contributed by atoms with Crippen LogP contribution < -0.4 is 5.48 Å². The molecule has 1 aliphatic rings. The van der Waals surface area contributed by atoms with Gasteiger partial charge in [0.25, 0.3) is 0 Å². The zero-order valence-electron chi connectivity index (χ0n) is 15.3. The maximum atomic E-state index is 12.7. The molecule has 1 atom stereocenters. The van der Waals surface area contributed by atoms with E-state index in [1.54, 1.807) is 13.8 Å². The van der Waals surface area contributed by atoms with E-state index < -0.39 is 11.7 Å². The Kier molecular flexibility index (Phi) is 6.96. The van der Waals surface area contributed by atoms with E-state index in [1.807, 2.05) is 30.3 Å². The van der Waals surface area contributed by atoms with Crippen molar-refractivity contribution in [1.82, 2.24) is 10.4 Å². The number of carbonyl (C=O) groups is 2. The van der Waals surface area contributed by atoms with Crippen molar-refractivity contribution in [3.63, 3.8) is 0 Å². The highest BCUT2D eigenvalue weighted by Crippen LogP contribution is 2.24. The van der Waals surface area contributed by atoms with Gasteiger partial charge in [0.15, 0.2) is 0 Å². The van der Waals surface area contributed by atoms with Gasteiger partial charge in [-0.3, -0.25) is 9.63 Å². The average Bonchev–Trinajstić information content (AvgIpc) is 2.87. The number of benzene rings is 1. The lowest BCUT2D eigenvalue weighted by Crippen LogP contribution is -2.42. The number of ether oxygens (including phenoxy) is 1. The predicted molar refractivity (Wildman–Crippen MR) is 94.5 cm³/mol. The number of carbonyl (C=O) groups excluding carboxylic acids is 2. The number of imide groups is 1. The summed E-state index contributed by atoms with van der Waals surface area (Å²) < 4.78 is 5.24. The van der Waals surface area contributed by atoms with Crippen LogP contribution in [-0.2, 0) is 21.0 Å². The summed E-state index contributed by atoms with van der Waals surface area (Å²) in [6.45, 7) is 6.78. The van der Waals surface area contributed by atoms with Gasteiger partial charge in [-0.05, 0) is 25.8 Å². The van der Waals surface area contributed by atoms with Crippen LogP contribution in [0, 0.1) is 5.92 Å². The van der Waals surface area contributed by atoms with Crippen molar-refractivity contribution in [2.24, 2.45) is 5.92 Å². The summed E-state index contributed by atoms with van der Waals surface area (Å²) in [4.78, 5) is 31.4. The molecule has 1 unspecified atom stereocenters. The molecule has 1 aromatic rings. The minimum atomic E-state index is -0.626. The van der Waals surface area contributed by atoms with Crippen LogP contribution in [0.15, 0.2) is 30.3 Å². The minimum absolute atomic E-state index is 0.195. The first kappa shape index (κ1) is 19.4. The van der Waals surface area contributed by atoms with Gasteiger partial charge in [-0.15, -0.1) is 0 Å². The smallest absolute Gasteiger partial charge is 0.417 e. The Labute approximate surface area is 149 Å². The number of unbranched alkanes of at least 4 members (excludes halogenated alkanes) is 1. The summed E-state index contributed by atoms with van der Waals surface area (Å²) in [5.74, 6) is -0.503. The monoisotopic (exact) mass is 348 g/mol. The van der Waals surface area contributed by atoms with Crippen LogP contribution in [-0.4, -0.2) is 35.6 Å². The first-order valence-corrected chi connectivity index (χ1v) is 8.86. The van der Waals surface area contributed by atoms with Gasteiger partial charge < -0.3 is 4.74 Å². The van der Waals surface area contributed by atoms with Crippen LogP contribution in [0.25, 0.3) is 0 Å². The van der Waals surface area contributed by atoms with Crippen molar-refractivity contribution < 1.29 is 19.2 Å². The third kappa shape index (κ3) is 5.83. The number of nitrogens with zero attached hydrogens (tertiary/aromatic N) is 1. The zero-order valence-corrected chi connectivity index (χ0v) is 15.3. The molecule has 0 aromatic heterocycles. The number of cyclic esters (lactones) is 1. The normalized spacial score (nSPS) is 17.4. The van der Waals surface area contributed by atoms with Crippen LogP contribution in [0.2, 0.25) is 0 Å². The van der Waals surface area contributed by atoms with Gasteiger partial charge in [-0.2, -0.15) is 0 Å². The third-order valence-corrected chi connectivity index (χ3v) is 4.16. The molecule has 1 N–H and O–H groups in total. The summed E-state index contributed by atoms with van der Waals surface area (Å²) in [6, 6.07) is 9.81. The van der Waals surface area contributed by atoms with Gasteiger partial charge in [0.1, 0.15) is 5.60 Å². The number of hydrogen-bond donors (Lipinski definition) is 1. The van der Waals surface area contributed by atoms with E-state index in [-0.39, 0.29) is 18.4 Å². The molecule has 0 saturated carbocycles. The number of nitrogens with one attached hydrogen (secondary N) is 1. The van der Waals surface area contributed by atoms with Crippen LogP contribution in [0.1, 0.15) is 45.6 Å². The van der Waals surface area contributed by atoms with Crippen LogP contribution in [0.5, 0.6) is 0 Å². The Morgan fingerprint density at radius 2 is 2.08 bits per heavy atom. The SMILES string of the molecule is CCCCC(CNOCc1ccccc1)C(=O)N1CC(C)(C)OC1=O. The fourth-order valence-corrected chi connectivity index (χ4v) is 2.79. The molecule has 1 saturated heterocycles. The van der Waals surface area contributed by atoms with Crippen molar-refractivity contribution in [3.05, 3.63) is 35.9 Å². The maximum Gasteiger partial charge on any atom is 0.417 e. The predicted octanol–water partition coefficient (Wildman–Crippen LogP) is 3.27. The first-order chi connectivity index (χ1) is 11.9.